The number of hydrogen-bond acceptors (Lipinski definition) is 6. The molecule has 6 nitrogen and oxygen atoms in total. The predicted molar refractivity (Wildman–Crippen MR) is 113 cm³/mol. The number of carbonyl (C=O) groups is 1. The quantitative estimate of drug-likeness (QED) is 0.596. The van der Waals surface area contributed by atoms with E-state index in [1.807, 2.05) is 19.1 Å². The number of aliphatic imine (C=N–C) groups is 1. The van der Waals surface area contributed by atoms with Crippen molar-refractivity contribution in [3.63, 3.8) is 0 Å². The first-order valence-electron chi connectivity index (χ1n) is 9.34. The Hall–Kier alpha value is -2.73. The summed E-state index contributed by atoms with van der Waals surface area (Å²) in [6.07, 6.45) is 0.937. The second-order valence-electron chi connectivity index (χ2n) is 6.47. The molecule has 0 atom stereocenters. The van der Waals surface area contributed by atoms with E-state index in [2.05, 4.69) is 4.99 Å². The van der Waals surface area contributed by atoms with Gasteiger partial charge in [-0.1, -0.05) is 11.6 Å². The monoisotopic (exact) mass is 417 g/mol. The van der Waals surface area contributed by atoms with Crippen molar-refractivity contribution in [1.29, 1.82) is 0 Å². The molecule has 1 aliphatic heterocycles. The number of methoxy groups -OCH3 is 3. The van der Waals surface area contributed by atoms with Crippen molar-refractivity contribution in [2.45, 2.75) is 19.8 Å². The summed E-state index contributed by atoms with van der Waals surface area (Å²) in [7, 11) is 4.71. The van der Waals surface area contributed by atoms with E-state index >= 15 is 0 Å². The van der Waals surface area contributed by atoms with E-state index in [1.165, 1.54) is 7.11 Å². The Morgan fingerprint density at radius 2 is 1.72 bits per heavy atom. The van der Waals surface area contributed by atoms with Gasteiger partial charge in [0.2, 0.25) is 0 Å². The maximum absolute atomic E-state index is 13.0. The van der Waals surface area contributed by atoms with Crippen LogP contribution in [-0.2, 0) is 6.42 Å². The number of halogens is 1. The number of benzene rings is 2. The summed E-state index contributed by atoms with van der Waals surface area (Å²) < 4.78 is 21.7. The first-order valence-corrected chi connectivity index (χ1v) is 9.72. The molecule has 154 valence electrons. The van der Waals surface area contributed by atoms with Crippen LogP contribution in [0.3, 0.4) is 0 Å². The van der Waals surface area contributed by atoms with E-state index in [9.17, 15) is 4.79 Å². The highest BCUT2D eigenvalue weighted by Crippen LogP contribution is 2.37. The highest BCUT2D eigenvalue weighted by atomic mass is 35.5. The van der Waals surface area contributed by atoms with Gasteiger partial charge in [-0.05, 0) is 43.2 Å². The highest BCUT2D eigenvalue weighted by molar-refractivity contribution is 6.33. The van der Waals surface area contributed by atoms with E-state index in [0.29, 0.717) is 46.7 Å². The summed E-state index contributed by atoms with van der Waals surface area (Å²) in [4.78, 5) is 17.6. The Kier molecular flexibility index (Phi) is 6.64. The van der Waals surface area contributed by atoms with Gasteiger partial charge in [0, 0.05) is 17.7 Å². The molecule has 0 amide bonds. The highest BCUT2D eigenvalue weighted by Gasteiger charge is 2.22. The smallest absolute Gasteiger partial charge is 0.179 e. The molecule has 0 aliphatic carbocycles. The van der Waals surface area contributed by atoms with Crippen molar-refractivity contribution in [2.75, 3.05) is 34.5 Å². The van der Waals surface area contributed by atoms with Gasteiger partial charge in [-0.15, -0.1) is 0 Å². The minimum atomic E-state index is -0.102. The van der Waals surface area contributed by atoms with Crippen LogP contribution in [0.25, 0.3) is 0 Å². The van der Waals surface area contributed by atoms with Crippen LogP contribution in [0.2, 0.25) is 5.02 Å². The molecule has 2 aromatic carbocycles. The Morgan fingerprint density at radius 1 is 1.03 bits per heavy atom. The lowest BCUT2D eigenvalue weighted by atomic mass is 9.92. The Bertz CT molecular complexity index is 955. The number of Topliss-reactive ketones (excluding diaryl/α,β-unsaturated/α-hetero) is 1. The predicted octanol–water partition coefficient (Wildman–Crippen LogP) is 4.38. The molecule has 0 aromatic heterocycles. The zero-order valence-corrected chi connectivity index (χ0v) is 17.8. The van der Waals surface area contributed by atoms with Gasteiger partial charge >= 0.3 is 0 Å². The largest absolute Gasteiger partial charge is 0.493 e. The van der Waals surface area contributed by atoms with Gasteiger partial charge < -0.3 is 18.9 Å². The number of hydrogen-bond donors (Lipinski definition) is 0. The average Bonchev–Trinajstić information content (AvgIpc) is 2.74. The molecule has 0 saturated heterocycles. The molecule has 0 spiro atoms. The number of ketones is 1. The third-order valence-corrected chi connectivity index (χ3v) is 5.05. The summed E-state index contributed by atoms with van der Waals surface area (Å²) in [5.74, 6) is 2.04. The standard InChI is InChI=1S/C22H24ClNO5/c1-5-29-22-16(23)8-14(10-21(22)28-4)18(25)12-17-15-11-20(27-3)19(26-2)9-13(15)6-7-24-17/h8-11H,5-7,12H2,1-4H3. The lowest BCUT2D eigenvalue weighted by Gasteiger charge is -2.20. The van der Waals surface area contributed by atoms with Crippen LogP contribution >= 0.6 is 11.6 Å². The molecule has 0 bridgehead atoms. The van der Waals surface area contributed by atoms with E-state index < -0.39 is 0 Å². The van der Waals surface area contributed by atoms with Gasteiger partial charge in [-0.3, -0.25) is 9.79 Å². The summed E-state index contributed by atoms with van der Waals surface area (Å²) in [5.41, 5.74) is 3.17. The molecule has 0 fully saturated rings. The third-order valence-electron chi connectivity index (χ3n) is 4.77. The van der Waals surface area contributed by atoms with Crippen LogP contribution < -0.4 is 18.9 Å². The van der Waals surface area contributed by atoms with Crippen LogP contribution in [-0.4, -0.2) is 46.0 Å². The molecule has 2 aromatic rings. The van der Waals surface area contributed by atoms with Gasteiger partial charge in [0.1, 0.15) is 0 Å². The van der Waals surface area contributed by atoms with Crippen molar-refractivity contribution in [3.8, 4) is 23.0 Å². The Balaban J connectivity index is 1.91. The zero-order valence-electron chi connectivity index (χ0n) is 17.0. The zero-order chi connectivity index (χ0) is 21.0. The summed E-state index contributed by atoms with van der Waals surface area (Å²) in [5, 5.41) is 0.340. The van der Waals surface area contributed by atoms with E-state index in [4.69, 9.17) is 30.5 Å². The molecule has 1 aliphatic rings. The first kappa shape index (κ1) is 21.0. The lowest BCUT2D eigenvalue weighted by molar-refractivity contribution is 0.1000. The fourth-order valence-corrected chi connectivity index (χ4v) is 3.63. The van der Waals surface area contributed by atoms with E-state index in [0.717, 1.165) is 23.3 Å². The van der Waals surface area contributed by atoms with Crippen LogP contribution in [0.15, 0.2) is 29.3 Å². The van der Waals surface area contributed by atoms with Crippen LogP contribution in [0.5, 0.6) is 23.0 Å². The van der Waals surface area contributed by atoms with Crippen LogP contribution in [0.1, 0.15) is 34.8 Å². The number of carbonyl (C=O) groups excluding carboxylic acids is 1. The van der Waals surface area contributed by atoms with Gasteiger partial charge in [0.05, 0.1) is 45.1 Å². The fraction of sp³-hybridized carbons (Fsp3) is 0.364. The molecular formula is C22H24ClNO5. The number of nitrogens with zero attached hydrogens (tertiary/aromatic N) is 1. The summed E-state index contributed by atoms with van der Waals surface area (Å²) in [6.45, 7) is 2.93. The van der Waals surface area contributed by atoms with Crippen LogP contribution in [0, 0.1) is 0 Å². The molecule has 1 heterocycles. The fourth-order valence-electron chi connectivity index (χ4n) is 3.36. The Labute approximate surface area is 175 Å². The molecule has 0 unspecified atom stereocenters. The molecule has 7 heteroatoms. The molecular weight excluding hydrogens is 394 g/mol. The van der Waals surface area contributed by atoms with Crippen molar-refractivity contribution in [1.82, 2.24) is 0 Å². The topological polar surface area (TPSA) is 66.4 Å². The number of rotatable bonds is 8. The lowest BCUT2D eigenvalue weighted by Crippen LogP contribution is -2.17. The van der Waals surface area contributed by atoms with Crippen molar-refractivity contribution >= 4 is 23.1 Å². The minimum absolute atomic E-state index is 0.102. The third kappa shape index (κ3) is 4.32. The maximum atomic E-state index is 13.0. The maximum Gasteiger partial charge on any atom is 0.179 e. The van der Waals surface area contributed by atoms with E-state index in [-0.39, 0.29) is 12.2 Å². The Morgan fingerprint density at radius 3 is 2.38 bits per heavy atom. The summed E-state index contributed by atoms with van der Waals surface area (Å²) in [6, 6.07) is 7.09. The summed E-state index contributed by atoms with van der Waals surface area (Å²) >= 11 is 6.32. The molecule has 0 saturated carbocycles. The first-order chi connectivity index (χ1) is 14.0. The van der Waals surface area contributed by atoms with Crippen molar-refractivity contribution in [3.05, 3.63) is 46.0 Å². The van der Waals surface area contributed by atoms with Gasteiger partial charge in [0.15, 0.2) is 28.8 Å². The van der Waals surface area contributed by atoms with E-state index in [1.54, 1.807) is 26.4 Å². The molecule has 3 rings (SSSR count). The number of ether oxygens (including phenoxy) is 4. The molecule has 0 radical (unpaired) electrons. The van der Waals surface area contributed by atoms with Crippen molar-refractivity contribution < 1.29 is 23.7 Å². The average molecular weight is 418 g/mol. The number of fused-ring (bicyclic) bond motifs is 1. The minimum Gasteiger partial charge on any atom is -0.493 e. The normalized spacial score (nSPS) is 12.7. The van der Waals surface area contributed by atoms with Crippen LogP contribution in [0.4, 0.5) is 0 Å². The molecule has 29 heavy (non-hydrogen) atoms. The van der Waals surface area contributed by atoms with Crippen molar-refractivity contribution in [2.24, 2.45) is 4.99 Å². The molecule has 0 N–H and O–H groups in total. The second kappa shape index (κ2) is 9.18. The SMILES string of the molecule is CCOc1c(Cl)cc(C(=O)CC2=NCCc3cc(OC)c(OC)cc32)cc1OC. The van der Waals surface area contributed by atoms with Gasteiger partial charge in [0.25, 0.3) is 0 Å². The van der Waals surface area contributed by atoms with Gasteiger partial charge in [-0.2, -0.15) is 0 Å². The second-order valence-corrected chi connectivity index (χ2v) is 6.87. The van der Waals surface area contributed by atoms with Gasteiger partial charge in [-0.25, -0.2) is 0 Å².